The van der Waals surface area contributed by atoms with E-state index in [0.29, 0.717) is 42.2 Å². The second kappa shape index (κ2) is 8.68. The maximum atomic E-state index is 15.0. The number of aliphatic hydroxyl groups excluding tert-OH is 1. The number of ether oxygens (including phenoxy) is 1. The Hall–Kier alpha value is -2.38. The van der Waals surface area contributed by atoms with Crippen molar-refractivity contribution >= 4 is 38.6 Å². The quantitative estimate of drug-likeness (QED) is 0.534. The van der Waals surface area contributed by atoms with Crippen molar-refractivity contribution in [1.82, 2.24) is 23.8 Å². The minimum absolute atomic E-state index is 0.0208. The van der Waals surface area contributed by atoms with Crippen molar-refractivity contribution in [2.24, 2.45) is 0 Å². The van der Waals surface area contributed by atoms with Crippen molar-refractivity contribution in [2.45, 2.75) is 31.5 Å². The van der Waals surface area contributed by atoms with Crippen LogP contribution in [0.5, 0.6) is 0 Å². The molecule has 2 aromatic heterocycles. The van der Waals surface area contributed by atoms with E-state index in [1.165, 1.54) is 16.6 Å². The van der Waals surface area contributed by atoms with E-state index in [2.05, 4.69) is 20.3 Å². The predicted octanol–water partition coefficient (Wildman–Crippen LogP) is 1.97. The standard InChI is InChI=1S/C21H24ClFN6O4S/c1-11-25-20-15(23)5-12(6-17(20)29(11)13-9-33-10-13)19-14(22)7-24-21(27-19)26-16-3-4-28(8-18(16)30)34(2,31)32/h5-7,13,16,18,30H,3-4,8-10H2,1-2H3,(H,24,26,27)/t16-,18-/m1/s1. The molecule has 13 heteroatoms. The molecule has 0 unspecified atom stereocenters. The third kappa shape index (κ3) is 4.24. The molecule has 0 aliphatic carbocycles. The molecule has 0 amide bonds. The molecule has 0 saturated carbocycles. The van der Waals surface area contributed by atoms with Gasteiger partial charge in [-0.15, -0.1) is 0 Å². The fourth-order valence-electron chi connectivity index (χ4n) is 4.42. The molecule has 2 saturated heterocycles. The summed E-state index contributed by atoms with van der Waals surface area (Å²) < 4.78 is 47.0. The summed E-state index contributed by atoms with van der Waals surface area (Å²) in [5.41, 5.74) is 1.71. The molecule has 10 nitrogen and oxygen atoms in total. The molecule has 0 radical (unpaired) electrons. The van der Waals surface area contributed by atoms with Crippen LogP contribution in [0.25, 0.3) is 22.3 Å². The summed E-state index contributed by atoms with van der Waals surface area (Å²) in [5, 5.41) is 13.8. The highest BCUT2D eigenvalue weighted by atomic mass is 35.5. The Kier molecular flexibility index (Phi) is 5.97. The van der Waals surface area contributed by atoms with Gasteiger partial charge in [0.1, 0.15) is 11.3 Å². The maximum Gasteiger partial charge on any atom is 0.223 e. The molecule has 1 aromatic carbocycles. The summed E-state index contributed by atoms with van der Waals surface area (Å²) >= 11 is 6.38. The van der Waals surface area contributed by atoms with Gasteiger partial charge in [0.25, 0.3) is 0 Å². The van der Waals surface area contributed by atoms with E-state index in [-0.39, 0.29) is 35.6 Å². The van der Waals surface area contributed by atoms with Crippen LogP contribution in [0.3, 0.4) is 0 Å². The molecule has 2 atom stereocenters. The number of aromatic nitrogens is 4. The first kappa shape index (κ1) is 23.4. The van der Waals surface area contributed by atoms with Crippen LogP contribution in [-0.4, -0.2) is 82.1 Å². The summed E-state index contributed by atoms with van der Waals surface area (Å²) in [5.74, 6) is 0.418. The van der Waals surface area contributed by atoms with Gasteiger partial charge in [-0.2, -0.15) is 4.31 Å². The first-order valence-electron chi connectivity index (χ1n) is 10.8. The number of benzene rings is 1. The van der Waals surface area contributed by atoms with Crippen LogP contribution in [0, 0.1) is 12.7 Å². The Bertz CT molecular complexity index is 1360. The van der Waals surface area contributed by atoms with E-state index < -0.39 is 28.0 Å². The fourth-order valence-corrected chi connectivity index (χ4v) is 5.48. The molecule has 2 N–H and O–H groups in total. The number of imidazole rings is 1. The molecule has 3 aromatic rings. The zero-order valence-electron chi connectivity index (χ0n) is 18.6. The average molecular weight is 511 g/mol. The number of piperidine rings is 1. The van der Waals surface area contributed by atoms with Gasteiger partial charge in [-0.25, -0.2) is 27.8 Å². The van der Waals surface area contributed by atoms with E-state index in [9.17, 15) is 13.5 Å². The molecule has 2 aliphatic rings. The number of β-amino-alcohol motifs (C(OH)–C–C–N with tert-alkyl or cyclic N) is 1. The van der Waals surface area contributed by atoms with Crippen molar-refractivity contribution < 1.29 is 22.7 Å². The minimum atomic E-state index is -3.38. The summed E-state index contributed by atoms with van der Waals surface area (Å²) in [6.07, 6.45) is 1.96. The molecule has 34 heavy (non-hydrogen) atoms. The van der Waals surface area contributed by atoms with Crippen LogP contribution >= 0.6 is 11.6 Å². The lowest BCUT2D eigenvalue weighted by atomic mass is 10.0. The van der Waals surface area contributed by atoms with Gasteiger partial charge in [0.15, 0.2) is 5.82 Å². The van der Waals surface area contributed by atoms with Crippen molar-refractivity contribution in [2.75, 3.05) is 37.9 Å². The van der Waals surface area contributed by atoms with Gasteiger partial charge in [-0.1, -0.05) is 11.6 Å². The van der Waals surface area contributed by atoms with E-state index in [0.717, 1.165) is 6.26 Å². The van der Waals surface area contributed by atoms with E-state index >= 15 is 4.39 Å². The number of aryl methyl sites for hydroxylation is 1. The predicted molar refractivity (Wildman–Crippen MR) is 125 cm³/mol. The number of aliphatic hydroxyl groups is 1. The number of rotatable bonds is 5. The average Bonchev–Trinajstić information content (AvgIpc) is 3.05. The van der Waals surface area contributed by atoms with E-state index in [1.807, 2.05) is 11.5 Å². The Morgan fingerprint density at radius 3 is 2.71 bits per heavy atom. The van der Waals surface area contributed by atoms with Crippen LogP contribution in [0.2, 0.25) is 5.02 Å². The number of anilines is 1. The molecule has 182 valence electrons. The third-order valence-electron chi connectivity index (χ3n) is 6.26. The van der Waals surface area contributed by atoms with Crippen molar-refractivity contribution in [3.8, 4) is 11.3 Å². The molecular weight excluding hydrogens is 487 g/mol. The van der Waals surface area contributed by atoms with E-state index in [1.54, 1.807) is 6.07 Å². The second-order valence-corrected chi connectivity index (χ2v) is 11.1. The highest BCUT2D eigenvalue weighted by Gasteiger charge is 2.32. The number of sulfonamides is 1. The number of hydrogen-bond donors (Lipinski definition) is 2. The number of nitrogens with zero attached hydrogens (tertiary/aromatic N) is 5. The molecule has 2 aliphatic heterocycles. The Morgan fingerprint density at radius 1 is 1.29 bits per heavy atom. The molecule has 0 spiro atoms. The molecule has 4 heterocycles. The first-order valence-corrected chi connectivity index (χ1v) is 13.0. The number of fused-ring (bicyclic) bond motifs is 1. The summed E-state index contributed by atoms with van der Waals surface area (Å²) in [4.78, 5) is 13.1. The Morgan fingerprint density at radius 2 is 2.06 bits per heavy atom. The van der Waals surface area contributed by atoms with Crippen LogP contribution in [0.4, 0.5) is 10.3 Å². The van der Waals surface area contributed by atoms with Crippen molar-refractivity contribution in [1.29, 1.82) is 0 Å². The van der Waals surface area contributed by atoms with Gasteiger partial charge in [0.05, 0.1) is 60.1 Å². The molecule has 0 bridgehead atoms. The largest absolute Gasteiger partial charge is 0.390 e. The van der Waals surface area contributed by atoms with Crippen LogP contribution < -0.4 is 5.32 Å². The highest BCUT2D eigenvalue weighted by molar-refractivity contribution is 7.88. The zero-order valence-corrected chi connectivity index (χ0v) is 20.1. The molecule has 2 fully saturated rings. The van der Waals surface area contributed by atoms with Crippen LogP contribution in [-0.2, 0) is 14.8 Å². The van der Waals surface area contributed by atoms with Crippen LogP contribution in [0.15, 0.2) is 18.3 Å². The molecule has 5 rings (SSSR count). The van der Waals surface area contributed by atoms with Gasteiger partial charge >= 0.3 is 0 Å². The van der Waals surface area contributed by atoms with Gasteiger partial charge in [0, 0.05) is 18.7 Å². The SMILES string of the molecule is Cc1nc2c(F)cc(-c3nc(N[C@@H]4CCN(S(C)(=O)=O)C[C@H]4O)ncc3Cl)cc2n1C1COC1. The van der Waals surface area contributed by atoms with Gasteiger partial charge in [0.2, 0.25) is 16.0 Å². The highest BCUT2D eigenvalue weighted by Crippen LogP contribution is 2.33. The van der Waals surface area contributed by atoms with Gasteiger partial charge < -0.3 is 19.7 Å². The molecular formula is C21H24ClFN6O4S. The van der Waals surface area contributed by atoms with Crippen LogP contribution in [0.1, 0.15) is 18.3 Å². The van der Waals surface area contributed by atoms with Gasteiger partial charge in [-0.05, 0) is 25.5 Å². The minimum Gasteiger partial charge on any atom is -0.390 e. The smallest absolute Gasteiger partial charge is 0.223 e. The number of hydrogen-bond acceptors (Lipinski definition) is 8. The second-order valence-electron chi connectivity index (χ2n) is 8.66. The van der Waals surface area contributed by atoms with Crippen molar-refractivity contribution in [3.05, 3.63) is 35.0 Å². The lowest BCUT2D eigenvalue weighted by molar-refractivity contribution is -0.0224. The summed E-state index contributed by atoms with van der Waals surface area (Å²) in [6.45, 7) is 3.16. The maximum absolute atomic E-state index is 15.0. The number of nitrogens with one attached hydrogen (secondary N) is 1. The van der Waals surface area contributed by atoms with Crippen molar-refractivity contribution in [3.63, 3.8) is 0 Å². The monoisotopic (exact) mass is 510 g/mol. The lowest BCUT2D eigenvalue weighted by Crippen LogP contribution is -2.51. The lowest BCUT2D eigenvalue weighted by Gasteiger charge is -2.34. The number of halogens is 2. The summed E-state index contributed by atoms with van der Waals surface area (Å²) in [6, 6.07) is 2.79. The zero-order chi connectivity index (χ0) is 24.2. The Labute approximate surface area is 200 Å². The Balaban J connectivity index is 1.45. The topological polar surface area (TPSA) is 122 Å². The van der Waals surface area contributed by atoms with E-state index in [4.69, 9.17) is 16.3 Å². The summed E-state index contributed by atoms with van der Waals surface area (Å²) in [7, 11) is -3.38. The normalized spacial score (nSPS) is 22.1. The first-order chi connectivity index (χ1) is 16.1. The fraction of sp³-hybridized carbons (Fsp3) is 0.476. The van der Waals surface area contributed by atoms with Gasteiger partial charge in [-0.3, -0.25) is 0 Å². The third-order valence-corrected chi connectivity index (χ3v) is 7.80.